The molecule has 0 aromatic carbocycles. The third kappa shape index (κ3) is 4.39. The van der Waals surface area contributed by atoms with Gasteiger partial charge in [-0.15, -0.1) is 11.3 Å². The van der Waals surface area contributed by atoms with Crippen molar-refractivity contribution in [2.75, 3.05) is 26.7 Å². The predicted molar refractivity (Wildman–Crippen MR) is 96.0 cm³/mol. The summed E-state index contributed by atoms with van der Waals surface area (Å²) >= 11 is 1.76. The van der Waals surface area contributed by atoms with Gasteiger partial charge in [0.1, 0.15) is 0 Å². The molecule has 24 heavy (non-hydrogen) atoms. The quantitative estimate of drug-likeness (QED) is 0.837. The molecule has 1 fully saturated rings. The average molecular weight is 344 g/mol. The lowest BCUT2D eigenvalue weighted by atomic mass is 9.98. The summed E-state index contributed by atoms with van der Waals surface area (Å²) in [4.78, 5) is 26.6. The first kappa shape index (κ1) is 17.0. The molecule has 5 nitrogen and oxygen atoms in total. The highest BCUT2D eigenvalue weighted by Crippen LogP contribution is 2.29. The van der Waals surface area contributed by atoms with Crippen molar-refractivity contribution in [2.45, 2.75) is 32.2 Å². The van der Waals surface area contributed by atoms with E-state index in [9.17, 15) is 4.79 Å². The van der Waals surface area contributed by atoms with Crippen LogP contribution in [0.25, 0.3) is 0 Å². The van der Waals surface area contributed by atoms with Gasteiger partial charge >= 0.3 is 0 Å². The van der Waals surface area contributed by atoms with Gasteiger partial charge in [0, 0.05) is 49.0 Å². The van der Waals surface area contributed by atoms with Gasteiger partial charge in [-0.1, -0.05) is 6.07 Å². The van der Waals surface area contributed by atoms with Gasteiger partial charge in [0.25, 0.3) is 0 Å². The highest BCUT2D eigenvalue weighted by molar-refractivity contribution is 7.11. The first-order chi connectivity index (χ1) is 11.6. The number of likely N-dealkylation sites (N-methyl/N-ethyl adjacent to an activating group) is 1. The number of amides is 1. The molecule has 1 unspecified atom stereocenters. The summed E-state index contributed by atoms with van der Waals surface area (Å²) in [6.45, 7) is 4.92. The summed E-state index contributed by atoms with van der Waals surface area (Å²) in [5, 5.41) is 1.17. The van der Waals surface area contributed by atoms with Gasteiger partial charge in [-0.2, -0.15) is 0 Å². The second-order valence-electron chi connectivity index (χ2n) is 6.52. The Morgan fingerprint density at radius 1 is 1.46 bits per heavy atom. The van der Waals surface area contributed by atoms with Crippen LogP contribution < -0.4 is 0 Å². The van der Waals surface area contributed by atoms with E-state index in [1.54, 1.807) is 17.5 Å². The van der Waals surface area contributed by atoms with Gasteiger partial charge in [-0.3, -0.25) is 14.7 Å². The van der Waals surface area contributed by atoms with Crippen LogP contribution in [0.15, 0.2) is 30.7 Å². The third-order valence-electron chi connectivity index (χ3n) is 4.34. The number of nitrogens with zero attached hydrogens (tertiary/aromatic N) is 4. The van der Waals surface area contributed by atoms with E-state index in [-0.39, 0.29) is 5.91 Å². The van der Waals surface area contributed by atoms with Crippen LogP contribution in [-0.4, -0.2) is 52.4 Å². The number of likely N-dealkylation sites (tertiary alicyclic amines) is 1. The molecule has 1 amide bonds. The minimum Gasteiger partial charge on any atom is -0.341 e. The molecule has 2 aromatic heterocycles. The molecule has 6 heteroatoms. The van der Waals surface area contributed by atoms with Gasteiger partial charge in [-0.05, 0) is 38.4 Å². The number of hydrogen-bond acceptors (Lipinski definition) is 5. The number of carbonyl (C=O) groups excluding carboxylic acids is 1. The molecule has 1 atom stereocenters. The lowest BCUT2D eigenvalue weighted by molar-refractivity contribution is -0.133. The van der Waals surface area contributed by atoms with Gasteiger partial charge in [0.05, 0.1) is 11.6 Å². The van der Waals surface area contributed by atoms with E-state index in [1.165, 1.54) is 9.88 Å². The van der Waals surface area contributed by atoms with E-state index in [1.807, 2.05) is 36.5 Å². The molecule has 1 saturated heterocycles. The second-order valence-corrected chi connectivity index (χ2v) is 7.79. The molecule has 3 rings (SSSR count). The van der Waals surface area contributed by atoms with Crippen LogP contribution in [0.1, 0.15) is 34.2 Å². The van der Waals surface area contributed by atoms with Gasteiger partial charge < -0.3 is 4.90 Å². The van der Waals surface area contributed by atoms with Crippen molar-refractivity contribution in [3.8, 4) is 0 Å². The molecular weight excluding hydrogens is 320 g/mol. The van der Waals surface area contributed by atoms with E-state index < -0.39 is 0 Å². The van der Waals surface area contributed by atoms with Crippen LogP contribution in [0.3, 0.4) is 0 Å². The first-order valence-corrected chi connectivity index (χ1v) is 9.21. The monoisotopic (exact) mass is 344 g/mol. The number of pyridine rings is 1. The van der Waals surface area contributed by atoms with E-state index in [4.69, 9.17) is 0 Å². The standard InChI is InChI=1S/C18H24N4OS/c1-14-9-20-18(24-14)16-6-4-8-22(12-16)17(23)13-21(2)11-15-5-3-7-19-10-15/h3,5,7,9-10,16H,4,6,8,11-13H2,1-2H3. The summed E-state index contributed by atoms with van der Waals surface area (Å²) in [5.74, 6) is 0.601. The number of thiazole rings is 1. The Labute approximate surface area is 147 Å². The summed E-state index contributed by atoms with van der Waals surface area (Å²) in [7, 11) is 1.98. The Morgan fingerprint density at radius 3 is 3.04 bits per heavy atom. The predicted octanol–water partition coefficient (Wildman–Crippen LogP) is 2.68. The Hall–Kier alpha value is -1.79. The third-order valence-corrected chi connectivity index (χ3v) is 5.42. The second kappa shape index (κ2) is 7.85. The molecule has 0 aliphatic carbocycles. The number of aromatic nitrogens is 2. The summed E-state index contributed by atoms with van der Waals surface area (Å²) in [5.41, 5.74) is 1.13. The highest BCUT2D eigenvalue weighted by Gasteiger charge is 2.26. The van der Waals surface area contributed by atoms with E-state index in [0.29, 0.717) is 12.5 Å². The lowest BCUT2D eigenvalue weighted by Gasteiger charge is -2.33. The van der Waals surface area contributed by atoms with Crippen molar-refractivity contribution in [1.29, 1.82) is 0 Å². The molecule has 0 N–H and O–H groups in total. The number of aryl methyl sites for hydroxylation is 1. The van der Waals surface area contributed by atoms with E-state index in [2.05, 4.69) is 21.8 Å². The molecule has 1 aliphatic heterocycles. The average Bonchev–Trinajstić information content (AvgIpc) is 3.02. The van der Waals surface area contributed by atoms with Crippen molar-refractivity contribution in [1.82, 2.24) is 19.8 Å². The number of rotatable bonds is 5. The lowest BCUT2D eigenvalue weighted by Crippen LogP contribution is -2.43. The van der Waals surface area contributed by atoms with E-state index >= 15 is 0 Å². The SMILES string of the molecule is Cc1cnc(C2CCCN(C(=O)CN(C)Cc3cccnc3)C2)s1. The van der Waals surface area contributed by atoms with Crippen LogP contribution in [0.4, 0.5) is 0 Å². The maximum Gasteiger partial charge on any atom is 0.236 e. The Balaban J connectivity index is 1.54. The fourth-order valence-electron chi connectivity index (χ4n) is 3.16. The van der Waals surface area contributed by atoms with Crippen molar-refractivity contribution in [3.05, 3.63) is 46.2 Å². The molecule has 0 radical (unpaired) electrons. The Kier molecular flexibility index (Phi) is 5.58. The summed E-state index contributed by atoms with van der Waals surface area (Å²) < 4.78 is 0. The van der Waals surface area contributed by atoms with Crippen LogP contribution in [-0.2, 0) is 11.3 Å². The molecule has 128 valence electrons. The normalized spacial score (nSPS) is 18.1. The molecule has 0 bridgehead atoms. The topological polar surface area (TPSA) is 49.3 Å². The fourth-order valence-corrected chi connectivity index (χ4v) is 4.06. The highest BCUT2D eigenvalue weighted by atomic mass is 32.1. The molecule has 0 saturated carbocycles. The summed E-state index contributed by atoms with van der Waals surface area (Å²) in [6, 6.07) is 3.96. The number of hydrogen-bond donors (Lipinski definition) is 0. The Bertz CT molecular complexity index is 673. The Morgan fingerprint density at radius 2 is 2.33 bits per heavy atom. The maximum atomic E-state index is 12.6. The van der Waals surface area contributed by atoms with Crippen molar-refractivity contribution >= 4 is 17.2 Å². The largest absolute Gasteiger partial charge is 0.341 e. The molecule has 1 aliphatic rings. The molecule has 0 spiro atoms. The number of carbonyl (C=O) groups is 1. The zero-order chi connectivity index (χ0) is 16.9. The smallest absolute Gasteiger partial charge is 0.236 e. The minimum atomic E-state index is 0.208. The first-order valence-electron chi connectivity index (χ1n) is 8.39. The van der Waals surface area contributed by atoms with Gasteiger partial charge in [0.2, 0.25) is 5.91 Å². The maximum absolute atomic E-state index is 12.6. The zero-order valence-corrected chi connectivity index (χ0v) is 15.1. The zero-order valence-electron chi connectivity index (χ0n) is 14.3. The van der Waals surface area contributed by atoms with Gasteiger partial charge in [-0.25, -0.2) is 4.98 Å². The fraction of sp³-hybridized carbons (Fsp3) is 0.500. The number of piperidine rings is 1. The van der Waals surface area contributed by atoms with Crippen molar-refractivity contribution in [3.63, 3.8) is 0 Å². The summed E-state index contributed by atoms with van der Waals surface area (Å²) in [6.07, 6.45) is 7.73. The van der Waals surface area contributed by atoms with Gasteiger partial charge in [0.15, 0.2) is 0 Å². The van der Waals surface area contributed by atoms with Crippen LogP contribution in [0, 0.1) is 6.92 Å². The molecule has 3 heterocycles. The van der Waals surface area contributed by atoms with Crippen molar-refractivity contribution in [2.24, 2.45) is 0 Å². The van der Waals surface area contributed by atoms with Crippen LogP contribution >= 0.6 is 11.3 Å². The van der Waals surface area contributed by atoms with Crippen LogP contribution in [0.2, 0.25) is 0 Å². The van der Waals surface area contributed by atoms with Crippen molar-refractivity contribution < 1.29 is 4.79 Å². The molecular formula is C18H24N4OS. The minimum absolute atomic E-state index is 0.208. The molecule has 2 aromatic rings. The van der Waals surface area contributed by atoms with E-state index in [0.717, 1.165) is 38.0 Å². The van der Waals surface area contributed by atoms with Crippen LogP contribution in [0.5, 0.6) is 0 Å².